The molecule has 0 bridgehead atoms. The molecule has 1 heterocycles. The molecule has 1 aromatic rings. The summed E-state index contributed by atoms with van der Waals surface area (Å²) in [7, 11) is 0. The van der Waals surface area contributed by atoms with Gasteiger partial charge in [0.05, 0.1) is 17.7 Å². The molecule has 0 atom stereocenters. The summed E-state index contributed by atoms with van der Waals surface area (Å²) in [4.78, 5) is 27.5. The van der Waals surface area contributed by atoms with E-state index < -0.39 is 0 Å². The molecule has 0 unspecified atom stereocenters. The highest BCUT2D eigenvalue weighted by atomic mass is 16.2. The smallest absolute Gasteiger partial charge is 0.252 e. The van der Waals surface area contributed by atoms with Crippen LogP contribution in [0.2, 0.25) is 0 Å². The number of aromatic nitrogens is 1. The number of carbonyl (C=O) groups excluding carboxylic acids is 2. The maximum absolute atomic E-state index is 12.1. The number of rotatable bonds is 5. The van der Waals surface area contributed by atoms with E-state index in [1.54, 1.807) is 6.07 Å². The van der Waals surface area contributed by atoms with Crippen LogP contribution < -0.4 is 16.4 Å². The zero-order valence-corrected chi connectivity index (χ0v) is 11.7. The fraction of sp³-hybridized carbons (Fsp3) is 0.400. The lowest BCUT2D eigenvalue weighted by Gasteiger charge is -2.07. The minimum absolute atomic E-state index is 0.0318. The van der Waals surface area contributed by atoms with Gasteiger partial charge in [-0.1, -0.05) is 11.8 Å². The van der Waals surface area contributed by atoms with E-state index in [1.807, 2.05) is 0 Å². The van der Waals surface area contributed by atoms with Crippen molar-refractivity contribution in [1.29, 1.82) is 0 Å². The second-order valence-electron chi connectivity index (χ2n) is 4.77. The van der Waals surface area contributed by atoms with Gasteiger partial charge in [0.15, 0.2) is 0 Å². The molecule has 1 fully saturated rings. The van der Waals surface area contributed by atoms with Gasteiger partial charge in [-0.05, 0) is 18.9 Å². The highest BCUT2D eigenvalue weighted by Gasteiger charge is 2.22. The predicted molar refractivity (Wildman–Crippen MR) is 78.3 cm³/mol. The van der Waals surface area contributed by atoms with Crippen molar-refractivity contribution in [1.82, 2.24) is 15.6 Å². The number of hydrogen-bond acceptors (Lipinski definition) is 4. The second-order valence-corrected chi connectivity index (χ2v) is 4.77. The number of nitrogens with one attached hydrogen (secondary N) is 2. The van der Waals surface area contributed by atoms with E-state index >= 15 is 0 Å². The van der Waals surface area contributed by atoms with Crippen molar-refractivity contribution < 1.29 is 9.59 Å². The average molecular weight is 286 g/mol. The Kier molecular flexibility index (Phi) is 5.29. The Labute approximate surface area is 123 Å². The normalized spacial score (nSPS) is 13.0. The first-order valence-electron chi connectivity index (χ1n) is 6.91. The molecular weight excluding hydrogens is 268 g/mol. The Morgan fingerprint density at radius 2 is 2.24 bits per heavy atom. The van der Waals surface area contributed by atoms with Crippen LogP contribution in [0.1, 0.15) is 35.2 Å². The van der Waals surface area contributed by atoms with Crippen molar-refractivity contribution in [3.8, 4) is 11.8 Å². The zero-order chi connectivity index (χ0) is 15.1. The Bertz CT molecular complexity index is 585. The number of amides is 2. The largest absolute Gasteiger partial charge is 0.353 e. The Morgan fingerprint density at radius 3 is 2.95 bits per heavy atom. The van der Waals surface area contributed by atoms with E-state index in [-0.39, 0.29) is 24.8 Å². The summed E-state index contributed by atoms with van der Waals surface area (Å²) in [6.07, 6.45) is 5.44. The first-order valence-corrected chi connectivity index (χ1v) is 6.91. The van der Waals surface area contributed by atoms with Gasteiger partial charge in [-0.3, -0.25) is 14.6 Å². The molecule has 0 spiro atoms. The topological polar surface area (TPSA) is 97.1 Å². The van der Waals surface area contributed by atoms with Crippen molar-refractivity contribution in [3.63, 3.8) is 0 Å². The molecule has 110 valence electrons. The summed E-state index contributed by atoms with van der Waals surface area (Å²) in [6, 6.07) is 1.94. The summed E-state index contributed by atoms with van der Waals surface area (Å²) < 4.78 is 0. The number of hydrogen-bond donors (Lipinski definition) is 3. The van der Waals surface area contributed by atoms with E-state index in [9.17, 15) is 9.59 Å². The SMILES string of the molecule is NCC#Cc1cnccc1C(=O)NCCC(=O)NC1CC1. The third kappa shape index (κ3) is 4.89. The number of carbonyl (C=O) groups is 2. The Hall–Kier alpha value is -2.39. The molecule has 1 aliphatic carbocycles. The molecule has 0 saturated heterocycles. The molecule has 6 nitrogen and oxygen atoms in total. The first kappa shape index (κ1) is 15.0. The van der Waals surface area contributed by atoms with E-state index in [2.05, 4.69) is 27.5 Å². The van der Waals surface area contributed by atoms with Crippen LogP contribution in [0.3, 0.4) is 0 Å². The van der Waals surface area contributed by atoms with Gasteiger partial charge in [-0.25, -0.2) is 0 Å². The van der Waals surface area contributed by atoms with Crippen molar-refractivity contribution in [2.75, 3.05) is 13.1 Å². The average Bonchev–Trinajstić information content (AvgIpc) is 3.29. The lowest BCUT2D eigenvalue weighted by Crippen LogP contribution is -2.32. The quantitative estimate of drug-likeness (QED) is 0.652. The summed E-state index contributed by atoms with van der Waals surface area (Å²) in [5, 5.41) is 5.58. The van der Waals surface area contributed by atoms with Gasteiger partial charge in [-0.2, -0.15) is 0 Å². The predicted octanol–water partition coefficient (Wildman–Crippen LogP) is -0.210. The van der Waals surface area contributed by atoms with Crippen molar-refractivity contribution in [2.24, 2.45) is 5.73 Å². The lowest BCUT2D eigenvalue weighted by molar-refractivity contribution is -0.121. The molecular formula is C15H18N4O2. The fourth-order valence-corrected chi connectivity index (χ4v) is 1.75. The van der Waals surface area contributed by atoms with E-state index in [0.29, 0.717) is 23.7 Å². The van der Waals surface area contributed by atoms with Gasteiger partial charge in [0, 0.05) is 31.4 Å². The standard InChI is InChI=1S/C15H18N4O2/c16-7-1-2-11-10-17-8-5-13(11)15(21)18-9-6-14(20)19-12-3-4-12/h5,8,10,12H,3-4,6-7,9,16H2,(H,18,21)(H,19,20). The van der Waals surface area contributed by atoms with E-state index in [0.717, 1.165) is 12.8 Å². The van der Waals surface area contributed by atoms with Crippen molar-refractivity contribution in [2.45, 2.75) is 25.3 Å². The van der Waals surface area contributed by atoms with Crippen LogP contribution in [0.25, 0.3) is 0 Å². The van der Waals surface area contributed by atoms with Gasteiger partial charge < -0.3 is 16.4 Å². The van der Waals surface area contributed by atoms with E-state index in [4.69, 9.17) is 5.73 Å². The van der Waals surface area contributed by atoms with Gasteiger partial charge in [0.25, 0.3) is 5.91 Å². The van der Waals surface area contributed by atoms with Crippen molar-refractivity contribution >= 4 is 11.8 Å². The summed E-state index contributed by atoms with van der Waals surface area (Å²) in [6.45, 7) is 0.515. The lowest BCUT2D eigenvalue weighted by atomic mass is 10.1. The molecule has 0 radical (unpaired) electrons. The molecule has 4 N–H and O–H groups in total. The van der Waals surface area contributed by atoms with Crippen LogP contribution in [0.15, 0.2) is 18.5 Å². The summed E-state index contributed by atoms with van der Waals surface area (Å²) in [5.41, 5.74) is 6.29. The summed E-state index contributed by atoms with van der Waals surface area (Å²) in [5.74, 6) is 5.21. The van der Waals surface area contributed by atoms with Crippen LogP contribution in [-0.4, -0.2) is 35.9 Å². The van der Waals surface area contributed by atoms with Gasteiger partial charge in [0.1, 0.15) is 0 Å². The monoisotopic (exact) mass is 286 g/mol. The maximum atomic E-state index is 12.1. The Morgan fingerprint density at radius 1 is 1.43 bits per heavy atom. The molecule has 1 aliphatic rings. The molecule has 2 amide bonds. The van der Waals surface area contributed by atoms with Crippen LogP contribution in [-0.2, 0) is 4.79 Å². The first-order chi connectivity index (χ1) is 10.2. The van der Waals surface area contributed by atoms with Gasteiger partial charge >= 0.3 is 0 Å². The summed E-state index contributed by atoms with van der Waals surface area (Å²) >= 11 is 0. The minimum Gasteiger partial charge on any atom is -0.353 e. The maximum Gasteiger partial charge on any atom is 0.252 e. The molecule has 1 aromatic heterocycles. The molecule has 2 rings (SSSR count). The molecule has 21 heavy (non-hydrogen) atoms. The second kappa shape index (κ2) is 7.41. The third-order valence-electron chi connectivity index (χ3n) is 2.97. The zero-order valence-electron chi connectivity index (χ0n) is 11.7. The van der Waals surface area contributed by atoms with Crippen LogP contribution in [0.4, 0.5) is 0 Å². The van der Waals surface area contributed by atoms with Crippen LogP contribution >= 0.6 is 0 Å². The number of pyridine rings is 1. The third-order valence-corrected chi connectivity index (χ3v) is 2.97. The number of nitrogens with two attached hydrogens (primary N) is 1. The highest BCUT2D eigenvalue weighted by molar-refractivity contribution is 5.96. The fourth-order valence-electron chi connectivity index (χ4n) is 1.75. The number of nitrogens with zero attached hydrogens (tertiary/aromatic N) is 1. The minimum atomic E-state index is -0.266. The van der Waals surface area contributed by atoms with Crippen LogP contribution in [0.5, 0.6) is 0 Å². The van der Waals surface area contributed by atoms with E-state index in [1.165, 1.54) is 12.4 Å². The Balaban J connectivity index is 1.86. The van der Waals surface area contributed by atoms with Crippen molar-refractivity contribution in [3.05, 3.63) is 29.6 Å². The highest BCUT2D eigenvalue weighted by Crippen LogP contribution is 2.18. The molecule has 6 heteroatoms. The van der Waals surface area contributed by atoms with Gasteiger partial charge in [-0.15, -0.1) is 0 Å². The molecule has 0 aromatic carbocycles. The molecule has 1 saturated carbocycles. The van der Waals surface area contributed by atoms with Crippen LogP contribution in [0, 0.1) is 11.8 Å². The van der Waals surface area contributed by atoms with Gasteiger partial charge in [0.2, 0.25) is 5.91 Å². The molecule has 0 aliphatic heterocycles.